The number of rotatable bonds is 7. The molecule has 0 aliphatic carbocycles. The van der Waals surface area contributed by atoms with Crippen molar-refractivity contribution < 1.29 is 14.6 Å². The fourth-order valence-corrected chi connectivity index (χ4v) is 1.68. The van der Waals surface area contributed by atoms with Crippen molar-refractivity contribution >= 4 is 0 Å². The SMILES string of the molecule is CCCOc1cccc(CC(O)CC)c1OC. The van der Waals surface area contributed by atoms with Crippen LogP contribution in [0.4, 0.5) is 0 Å². The molecule has 0 saturated carbocycles. The summed E-state index contributed by atoms with van der Waals surface area (Å²) < 4.78 is 11.0. The average molecular weight is 238 g/mol. The van der Waals surface area contributed by atoms with Crippen LogP contribution in [0.5, 0.6) is 11.5 Å². The summed E-state index contributed by atoms with van der Waals surface area (Å²) in [6, 6.07) is 5.80. The molecule has 0 spiro atoms. The summed E-state index contributed by atoms with van der Waals surface area (Å²) in [4.78, 5) is 0. The number of aliphatic hydroxyl groups is 1. The third-order valence-electron chi connectivity index (χ3n) is 2.65. The van der Waals surface area contributed by atoms with Crippen LogP contribution in [0, 0.1) is 0 Å². The highest BCUT2D eigenvalue weighted by molar-refractivity contribution is 5.46. The van der Waals surface area contributed by atoms with Crippen LogP contribution < -0.4 is 9.47 Å². The van der Waals surface area contributed by atoms with Crippen molar-refractivity contribution in [1.29, 1.82) is 0 Å². The molecular formula is C14H22O3. The third kappa shape index (κ3) is 3.93. The highest BCUT2D eigenvalue weighted by atomic mass is 16.5. The molecule has 3 heteroatoms. The van der Waals surface area contributed by atoms with Gasteiger partial charge in [-0.05, 0) is 18.9 Å². The molecule has 1 aromatic rings. The van der Waals surface area contributed by atoms with E-state index >= 15 is 0 Å². The molecule has 1 rings (SSSR count). The van der Waals surface area contributed by atoms with Crippen molar-refractivity contribution in [3.05, 3.63) is 23.8 Å². The molecule has 0 aromatic heterocycles. The molecule has 0 bridgehead atoms. The predicted octanol–water partition coefficient (Wildman–Crippen LogP) is 2.80. The molecule has 0 aliphatic rings. The summed E-state index contributed by atoms with van der Waals surface area (Å²) in [5.41, 5.74) is 0.996. The van der Waals surface area contributed by atoms with Gasteiger partial charge in [-0.2, -0.15) is 0 Å². The molecule has 0 heterocycles. The second kappa shape index (κ2) is 7.17. The van der Waals surface area contributed by atoms with Gasteiger partial charge in [0.15, 0.2) is 11.5 Å². The van der Waals surface area contributed by atoms with Crippen LogP contribution in [-0.4, -0.2) is 24.9 Å². The van der Waals surface area contributed by atoms with E-state index in [1.54, 1.807) is 7.11 Å². The van der Waals surface area contributed by atoms with Crippen LogP contribution in [0.25, 0.3) is 0 Å². The molecule has 3 nitrogen and oxygen atoms in total. The molecule has 0 fully saturated rings. The number of ether oxygens (including phenoxy) is 2. The smallest absolute Gasteiger partial charge is 0.164 e. The fraction of sp³-hybridized carbons (Fsp3) is 0.571. The Morgan fingerprint density at radius 1 is 1.29 bits per heavy atom. The van der Waals surface area contributed by atoms with Gasteiger partial charge < -0.3 is 14.6 Å². The van der Waals surface area contributed by atoms with Gasteiger partial charge in [-0.1, -0.05) is 26.0 Å². The van der Waals surface area contributed by atoms with Gasteiger partial charge in [0.05, 0.1) is 19.8 Å². The first-order valence-corrected chi connectivity index (χ1v) is 6.19. The molecular weight excluding hydrogens is 216 g/mol. The maximum absolute atomic E-state index is 9.70. The summed E-state index contributed by atoms with van der Waals surface area (Å²) in [6.07, 6.45) is 1.97. The van der Waals surface area contributed by atoms with E-state index in [9.17, 15) is 5.11 Å². The van der Waals surface area contributed by atoms with Crippen molar-refractivity contribution in [1.82, 2.24) is 0 Å². The van der Waals surface area contributed by atoms with Gasteiger partial charge in [-0.3, -0.25) is 0 Å². The quantitative estimate of drug-likeness (QED) is 0.794. The molecule has 1 aromatic carbocycles. The minimum Gasteiger partial charge on any atom is -0.493 e. The zero-order valence-corrected chi connectivity index (χ0v) is 10.9. The Bertz CT molecular complexity index is 336. The second-order valence-corrected chi connectivity index (χ2v) is 4.06. The Morgan fingerprint density at radius 2 is 2.06 bits per heavy atom. The van der Waals surface area contributed by atoms with Crippen LogP contribution in [0.3, 0.4) is 0 Å². The number of methoxy groups -OCH3 is 1. The lowest BCUT2D eigenvalue weighted by Gasteiger charge is -2.15. The zero-order chi connectivity index (χ0) is 12.7. The highest BCUT2D eigenvalue weighted by Crippen LogP contribution is 2.32. The number of hydrogen-bond donors (Lipinski definition) is 1. The van der Waals surface area contributed by atoms with E-state index in [4.69, 9.17) is 9.47 Å². The van der Waals surface area contributed by atoms with Crippen molar-refractivity contribution in [3.63, 3.8) is 0 Å². The largest absolute Gasteiger partial charge is 0.493 e. The molecule has 0 amide bonds. The summed E-state index contributed by atoms with van der Waals surface area (Å²) in [6.45, 7) is 4.71. The topological polar surface area (TPSA) is 38.7 Å². The number of para-hydroxylation sites is 1. The first-order valence-electron chi connectivity index (χ1n) is 6.19. The van der Waals surface area contributed by atoms with E-state index < -0.39 is 0 Å². The van der Waals surface area contributed by atoms with E-state index in [0.717, 1.165) is 29.9 Å². The fourth-order valence-electron chi connectivity index (χ4n) is 1.68. The van der Waals surface area contributed by atoms with Gasteiger partial charge in [0.2, 0.25) is 0 Å². The van der Waals surface area contributed by atoms with Crippen LogP contribution in [0.15, 0.2) is 18.2 Å². The van der Waals surface area contributed by atoms with Crippen LogP contribution in [0.2, 0.25) is 0 Å². The standard InChI is InChI=1S/C14H22O3/c1-4-9-17-13-8-6-7-11(14(13)16-3)10-12(15)5-2/h6-8,12,15H,4-5,9-10H2,1-3H3. The van der Waals surface area contributed by atoms with E-state index in [1.807, 2.05) is 25.1 Å². The Morgan fingerprint density at radius 3 is 2.65 bits per heavy atom. The molecule has 1 N–H and O–H groups in total. The van der Waals surface area contributed by atoms with E-state index in [0.29, 0.717) is 13.0 Å². The third-order valence-corrected chi connectivity index (χ3v) is 2.65. The molecule has 0 saturated heterocycles. The highest BCUT2D eigenvalue weighted by Gasteiger charge is 2.12. The Hall–Kier alpha value is -1.22. The first-order chi connectivity index (χ1) is 8.22. The lowest BCUT2D eigenvalue weighted by atomic mass is 10.0. The maximum atomic E-state index is 9.70. The Balaban J connectivity index is 2.88. The second-order valence-electron chi connectivity index (χ2n) is 4.06. The lowest BCUT2D eigenvalue weighted by Crippen LogP contribution is -2.10. The molecule has 0 aliphatic heterocycles. The minimum atomic E-state index is -0.328. The van der Waals surface area contributed by atoms with Gasteiger partial charge in [0.25, 0.3) is 0 Å². The van der Waals surface area contributed by atoms with Gasteiger partial charge >= 0.3 is 0 Å². The Labute approximate surface area is 103 Å². The Kier molecular flexibility index (Phi) is 5.84. The van der Waals surface area contributed by atoms with E-state index in [1.165, 1.54) is 0 Å². The average Bonchev–Trinajstić information content (AvgIpc) is 2.36. The summed E-state index contributed by atoms with van der Waals surface area (Å²) in [5.74, 6) is 1.50. The van der Waals surface area contributed by atoms with Crippen molar-refractivity contribution in [2.75, 3.05) is 13.7 Å². The monoisotopic (exact) mass is 238 g/mol. The lowest BCUT2D eigenvalue weighted by molar-refractivity contribution is 0.169. The maximum Gasteiger partial charge on any atom is 0.164 e. The van der Waals surface area contributed by atoms with Gasteiger partial charge in [0, 0.05) is 12.0 Å². The number of aliphatic hydroxyl groups excluding tert-OH is 1. The van der Waals surface area contributed by atoms with E-state index in [2.05, 4.69) is 6.92 Å². The minimum absolute atomic E-state index is 0.328. The van der Waals surface area contributed by atoms with Crippen LogP contribution >= 0.6 is 0 Å². The van der Waals surface area contributed by atoms with Crippen molar-refractivity contribution in [3.8, 4) is 11.5 Å². The molecule has 1 atom stereocenters. The number of hydrogen-bond acceptors (Lipinski definition) is 3. The predicted molar refractivity (Wildman–Crippen MR) is 68.8 cm³/mol. The summed E-state index contributed by atoms with van der Waals surface area (Å²) in [7, 11) is 1.63. The van der Waals surface area contributed by atoms with Gasteiger partial charge in [-0.15, -0.1) is 0 Å². The van der Waals surface area contributed by atoms with Gasteiger partial charge in [-0.25, -0.2) is 0 Å². The van der Waals surface area contributed by atoms with Crippen molar-refractivity contribution in [2.24, 2.45) is 0 Å². The molecule has 0 radical (unpaired) electrons. The number of benzene rings is 1. The van der Waals surface area contributed by atoms with Crippen molar-refractivity contribution in [2.45, 2.75) is 39.2 Å². The molecule has 96 valence electrons. The summed E-state index contributed by atoms with van der Waals surface area (Å²) >= 11 is 0. The first kappa shape index (κ1) is 13.8. The molecule has 17 heavy (non-hydrogen) atoms. The van der Waals surface area contributed by atoms with Gasteiger partial charge in [0.1, 0.15) is 0 Å². The summed E-state index contributed by atoms with van der Waals surface area (Å²) in [5, 5.41) is 9.70. The zero-order valence-electron chi connectivity index (χ0n) is 10.9. The van der Waals surface area contributed by atoms with E-state index in [-0.39, 0.29) is 6.10 Å². The van der Waals surface area contributed by atoms with Crippen LogP contribution in [-0.2, 0) is 6.42 Å². The van der Waals surface area contributed by atoms with Crippen LogP contribution in [0.1, 0.15) is 32.3 Å². The normalized spacial score (nSPS) is 12.2. The molecule has 1 unspecified atom stereocenters.